The maximum Gasteiger partial charge on any atom is 0.247 e. The van der Waals surface area contributed by atoms with E-state index in [0.29, 0.717) is 24.9 Å². The van der Waals surface area contributed by atoms with Gasteiger partial charge >= 0.3 is 0 Å². The molecule has 0 atom stereocenters. The van der Waals surface area contributed by atoms with Crippen molar-refractivity contribution in [1.29, 1.82) is 0 Å². The van der Waals surface area contributed by atoms with Gasteiger partial charge in [0.05, 0.1) is 6.54 Å². The third kappa shape index (κ3) is 3.15. The zero-order valence-electron chi connectivity index (χ0n) is 10.8. The average molecular weight is 246 g/mol. The zero-order chi connectivity index (χ0) is 13.0. The molecule has 0 aliphatic rings. The number of hydrogen-bond acceptors (Lipinski definition) is 5. The first kappa shape index (κ1) is 12.7. The van der Waals surface area contributed by atoms with Crippen molar-refractivity contribution in [3.8, 4) is 11.5 Å². The Kier molecular flexibility index (Phi) is 4.07. The number of rotatable bonds is 5. The second kappa shape index (κ2) is 5.75. The fraction of sp³-hybridized carbons (Fsp3) is 0.385. The molecule has 5 nitrogen and oxygen atoms in total. The number of aryl methyl sites for hydroxylation is 1. The van der Waals surface area contributed by atoms with E-state index in [-0.39, 0.29) is 0 Å². The topological polar surface area (TPSA) is 68.2 Å². The minimum Gasteiger partial charge on any atom is -0.419 e. The summed E-state index contributed by atoms with van der Waals surface area (Å²) in [7, 11) is 1.98. The van der Waals surface area contributed by atoms with Crippen molar-refractivity contribution in [3.05, 3.63) is 35.7 Å². The molecular formula is C13H18N4O. The summed E-state index contributed by atoms with van der Waals surface area (Å²) in [5.41, 5.74) is 7.62. The van der Waals surface area contributed by atoms with Gasteiger partial charge in [-0.3, -0.25) is 4.90 Å². The van der Waals surface area contributed by atoms with Gasteiger partial charge in [-0.15, -0.1) is 10.2 Å². The molecule has 1 heterocycles. The first-order chi connectivity index (χ1) is 8.69. The summed E-state index contributed by atoms with van der Waals surface area (Å²) in [4.78, 5) is 2.05. The van der Waals surface area contributed by atoms with Crippen LogP contribution in [0, 0.1) is 6.92 Å². The fourth-order valence-electron chi connectivity index (χ4n) is 1.74. The second-order valence-electron chi connectivity index (χ2n) is 4.40. The zero-order valence-corrected chi connectivity index (χ0v) is 10.8. The molecule has 1 aromatic carbocycles. The highest BCUT2D eigenvalue weighted by atomic mass is 16.4. The van der Waals surface area contributed by atoms with Gasteiger partial charge in [-0.05, 0) is 26.1 Å². The van der Waals surface area contributed by atoms with Crippen LogP contribution in [-0.2, 0) is 6.54 Å². The van der Waals surface area contributed by atoms with Gasteiger partial charge in [0.25, 0.3) is 0 Å². The quantitative estimate of drug-likeness (QED) is 0.864. The van der Waals surface area contributed by atoms with Crippen LogP contribution in [0.15, 0.2) is 28.7 Å². The Morgan fingerprint density at radius 2 is 2.17 bits per heavy atom. The summed E-state index contributed by atoms with van der Waals surface area (Å²) in [5, 5.41) is 8.11. The molecule has 2 N–H and O–H groups in total. The summed E-state index contributed by atoms with van der Waals surface area (Å²) in [6, 6.07) is 8.01. The van der Waals surface area contributed by atoms with Crippen molar-refractivity contribution in [2.75, 3.05) is 20.1 Å². The lowest BCUT2D eigenvalue weighted by Crippen LogP contribution is -2.25. The van der Waals surface area contributed by atoms with Gasteiger partial charge in [-0.1, -0.05) is 17.7 Å². The number of nitrogens with two attached hydrogens (primary N) is 1. The number of aromatic nitrogens is 2. The molecule has 0 saturated heterocycles. The highest BCUT2D eigenvalue weighted by Crippen LogP contribution is 2.19. The van der Waals surface area contributed by atoms with Crippen LogP contribution in [0.3, 0.4) is 0 Å². The smallest absolute Gasteiger partial charge is 0.247 e. The molecule has 96 valence electrons. The van der Waals surface area contributed by atoms with Crippen molar-refractivity contribution in [1.82, 2.24) is 15.1 Å². The van der Waals surface area contributed by atoms with E-state index >= 15 is 0 Å². The molecule has 0 saturated carbocycles. The minimum atomic E-state index is 0.565. The van der Waals surface area contributed by atoms with E-state index in [1.54, 1.807) is 0 Å². The van der Waals surface area contributed by atoms with Gasteiger partial charge in [-0.2, -0.15) is 0 Å². The third-order valence-corrected chi connectivity index (χ3v) is 2.65. The van der Waals surface area contributed by atoms with Crippen LogP contribution in [0.1, 0.15) is 11.5 Å². The predicted molar refractivity (Wildman–Crippen MR) is 69.9 cm³/mol. The van der Waals surface area contributed by atoms with E-state index in [1.807, 2.05) is 43.1 Å². The lowest BCUT2D eigenvalue weighted by Gasteiger charge is -2.11. The molecular weight excluding hydrogens is 228 g/mol. The first-order valence-electron chi connectivity index (χ1n) is 5.97. The van der Waals surface area contributed by atoms with Gasteiger partial charge in [0.1, 0.15) is 0 Å². The Hall–Kier alpha value is -1.72. The Balaban J connectivity index is 2.10. The van der Waals surface area contributed by atoms with E-state index in [2.05, 4.69) is 10.2 Å². The summed E-state index contributed by atoms with van der Waals surface area (Å²) < 4.78 is 5.64. The van der Waals surface area contributed by atoms with Crippen LogP contribution in [0.5, 0.6) is 0 Å². The number of benzene rings is 1. The SMILES string of the molecule is Cc1cccc(-c2nnc(CN(C)CCN)o2)c1. The van der Waals surface area contributed by atoms with Gasteiger partial charge in [0, 0.05) is 18.7 Å². The first-order valence-corrected chi connectivity index (χ1v) is 5.97. The van der Waals surface area contributed by atoms with E-state index in [9.17, 15) is 0 Å². The minimum absolute atomic E-state index is 0.565. The van der Waals surface area contributed by atoms with Crippen molar-refractivity contribution in [2.45, 2.75) is 13.5 Å². The Labute approximate surface area is 107 Å². The van der Waals surface area contributed by atoms with E-state index in [1.165, 1.54) is 5.56 Å². The summed E-state index contributed by atoms with van der Waals surface area (Å²) in [6.45, 7) is 4.09. The van der Waals surface area contributed by atoms with Crippen LogP contribution >= 0.6 is 0 Å². The van der Waals surface area contributed by atoms with Gasteiger partial charge in [-0.25, -0.2) is 0 Å². The fourth-order valence-corrected chi connectivity index (χ4v) is 1.74. The van der Waals surface area contributed by atoms with Gasteiger partial charge in [0.15, 0.2) is 0 Å². The van der Waals surface area contributed by atoms with Crippen molar-refractivity contribution < 1.29 is 4.42 Å². The number of likely N-dealkylation sites (N-methyl/N-ethyl adjacent to an activating group) is 1. The molecule has 0 aliphatic carbocycles. The lowest BCUT2D eigenvalue weighted by molar-refractivity contribution is 0.297. The van der Waals surface area contributed by atoms with E-state index in [0.717, 1.165) is 12.1 Å². The molecule has 5 heteroatoms. The predicted octanol–water partition coefficient (Wildman–Crippen LogP) is 1.44. The number of nitrogens with zero attached hydrogens (tertiary/aromatic N) is 3. The normalized spacial score (nSPS) is 11.1. The molecule has 0 unspecified atom stereocenters. The summed E-state index contributed by atoms with van der Waals surface area (Å²) in [6.07, 6.45) is 0. The number of hydrogen-bond donors (Lipinski definition) is 1. The molecule has 18 heavy (non-hydrogen) atoms. The van der Waals surface area contributed by atoms with Crippen molar-refractivity contribution in [3.63, 3.8) is 0 Å². The lowest BCUT2D eigenvalue weighted by atomic mass is 10.1. The van der Waals surface area contributed by atoms with Gasteiger partial charge in [0.2, 0.25) is 11.8 Å². The van der Waals surface area contributed by atoms with E-state index < -0.39 is 0 Å². The Bertz CT molecular complexity index is 509. The molecule has 0 radical (unpaired) electrons. The standard InChI is InChI=1S/C13H18N4O/c1-10-4-3-5-11(8-10)13-16-15-12(18-13)9-17(2)7-6-14/h3-5,8H,6-7,9,14H2,1-2H3. The van der Waals surface area contributed by atoms with Crippen LogP contribution in [0.25, 0.3) is 11.5 Å². The maximum atomic E-state index is 5.64. The molecule has 0 bridgehead atoms. The van der Waals surface area contributed by atoms with E-state index in [4.69, 9.17) is 10.2 Å². The molecule has 1 aromatic heterocycles. The molecule has 0 fully saturated rings. The van der Waals surface area contributed by atoms with Crippen LogP contribution in [-0.4, -0.2) is 35.2 Å². The summed E-state index contributed by atoms with van der Waals surface area (Å²) in [5.74, 6) is 1.18. The highest BCUT2D eigenvalue weighted by Gasteiger charge is 2.10. The van der Waals surface area contributed by atoms with Crippen molar-refractivity contribution in [2.24, 2.45) is 5.73 Å². The molecule has 0 amide bonds. The molecule has 0 spiro atoms. The molecule has 0 aliphatic heterocycles. The molecule has 2 aromatic rings. The average Bonchev–Trinajstić information content (AvgIpc) is 2.78. The van der Waals surface area contributed by atoms with Crippen LogP contribution in [0.2, 0.25) is 0 Å². The van der Waals surface area contributed by atoms with Crippen LogP contribution < -0.4 is 5.73 Å². The highest BCUT2D eigenvalue weighted by molar-refractivity contribution is 5.53. The Morgan fingerprint density at radius 1 is 1.33 bits per heavy atom. The third-order valence-electron chi connectivity index (χ3n) is 2.65. The van der Waals surface area contributed by atoms with Crippen molar-refractivity contribution >= 4 is 0 Å². The maximum absolute atomic E-state index is 5.64. The second-order valence-corrected chi connectivity index (χ2v) is 4.40. The summed E-state index contributed by atoms with van der Waals surface area (Å²) >= 11 is 0. The molecule has 2 rings (SSSR count). The van der Waals surface area contributed by atoms with Crippen LogP contribution in [0.4, 0.5) is 0 Å². The Morgan fingerprint density at radius 3 is 2.89 bits per heavy atom. The van der Waals surface area contributed by atoms with Gasteiger partial charge < -0.3 is 10.2 Å². The monoisotopic (exact) mass is 246 g/mol. The largest absolute Gasteiger partial charge is 0.419 e.